The van der Waals surface area contributed by atoms with Gasteiger partial charge in [0.1, 0.15) is 23.0 Å². The number of nitro groups is 2. The van der Waals surface area contributed by atoms with Crippen LogP contribution in [0.15, 0.2) is 121 Å². The lowest BCUT2D eigenvalue weighted by Crippen LogP contribution is -2.03. The lowest BCUT2D eigenvalue weighted by molar-refractivity contribution is -0.385. The number of methoxy groups -OCH3 is 2. The fourth-order valence-corrected chi connectivity index (χ4v) is 5.73. The van der Waals surface area contributed by atoms with Crippen molar-refractivity contribution >= 4 is 17.2 Å². The number of ether oxygens (including phenoxy) is 2. The fraction of sp³-hybridized carbons (Fsp3) is 0.0714. The molecule has 0 bridgehead atoms. The van der Waals surface area contributed by atoms with E-state index in [-0.39, 0.29) is 39.8 Å². The summed E-state index contributed by atoms with van der Waals surface area (Å²) in [5.74, 6) is -0.0734. The van der Waals surface area contributed by atoms with Crippen LogP contribution in [-0.2, 0) is 6.42 Å². The van der Waals surface area contributed by atoms with Crippen LogP contribution in [0.4, 0.5) is 11.4 Å². The minimum atomic E-state index is -0.543. The molecule has 0 radical (unpaired) electrons. The van der Waals surface area contributed by atoms with Crippen molar-refractivity contribution in [3.05, 3.63) is 175 Å². The maximum absolute atomic E-state index is 12.8. The number of benzene rings is 6. The summed E-state index contributed by atoms with van der Waals surface area (Å²) in [5.41, 5.74) is 4.10. The van der Waals surface area contributed by atoms with Gasteiger partial charge in [-0.3, -0.25) is 25.0 Å². The predicted octanol–water partition coefficient (Wildman–Crippen LogP) is 8.52. The second-order valence-electron chi connectivity index (χ2n) is 11.8. The molecule has 0 aliphatic heterocycles. The van der Waals surface area contributed by atoms with Crippen LogP contribution >= 0.6 is 0 Å². The quantitative estimate of drug-likeness (QED) is 0.0774. The van der Waals surface area contributed by atoms with Gasteiger partial charge in [0, 0.05) is 36.2 Å². The average molecular weight is 735 g/mol. The summed E-state index contributed by atoms with van der Waals surface area (Å²) in [5, 5.41) is 61.5. The molecule has 0 heterocycles. The molecule has 55 heavy (non-hydrogen) atoms. The van der Waals surface area contributed by atoms with Crippen molar-refractivity contribution < 1.29 is 34.3 Å². The molecule has 0 aliphatic carbocycles. The highest BCUT2D eigenvalue weighted by atomic mass is 16.6. The molecule has 0 unspecified atom stereocenters. The highest BCUT2D eigenvalue weighted by Crippen LogP contribution is 2.43. The van der Waals surface area contributed by atoms with Gasteiger partial charge in [-0.05, 0) is 76.9 Å². The maximum Gasteiger partial charge on any atom is 0.270 e. The van der Waals surface area contributed by atoms with Crippen molar-refractivity contribution in [1.82, 2.24) is 0 Å². The fourth-order valence-electron chi connectivity index (χ4n) is 5.73. The number of phenols is 2. The van der Waals surface area contributed by atoms with E-state index in [9.17, 15) is 35.2 Å². The van der Waals surface area contributed by atoms with Gasteiger partial charge < -0.3 is 19.7 Å². The normalized spacial score (nSPS) is 10.2. The zero-order valence-corrected chi connectivity index (χ0v) is 29.3. The Morgan fingerprint density at radius 2 is 1.13 bits per heavy atom. The van der Waals surface area contributed by atoms with Crippen LogP contribution in [0.25, 0.3) is 22.3 Å². The molecule has 0 saturated heterocycles. The second-order valence-corrected chi connectivity index (χ2v) is 11.8. The molecule has 0 saturated carbocycles. The first kappa shape index (κ1) is 38.2. The summed E-state index contributed by atoms with van der Waals surface area (Å²) >= 11 is 0. The number of aromatic hydroxyl groups is 2. The Morgan fingerprint density at radius 1 is 0.655 bits per heavy atom. The molecule has 0 spiro atoms. The summed E-state index contributed by atoms with van der Waals surface area (Å²) < 4.78 is 10.6. The van der Waals surface area contributed by atoms with Crippen molar-refractivity contribution in [1.29, 1.82) is 10.5 Å². The van der Waals surface area contributed by atoms with Gasteiger partial charge in [0.05, 0.1) is 64.0 Å². The van der Waals surface area contributed by atoms with Gasteiger partial charge in [-0.25, -0.2) is 0 Å². The van der Waals surface area contributed by atoms with Gasteiger partial charge in [0.25, 0.3) is 11.4 Å². The van der Waals surface area contributed by atoms with E-state index in [1.165, 1.54) is 80.9 Å². The first-order valence-electron chi connectivity index (χ1n) is 16.3. The number of hydrogen-bond donors (Lipinski definition) is 2. The van der Waals surface area contributed by atoms with Crippen LogP contribution in [0.3, 0.4) is 0 Å². The van der Waals surface area contributed by atoms with Crippen LogP contribution in [0.1, 0.15) is 38.2 Å². The highest BCUT2D eigenvalue weighted by Gasteiger charge is 2.22. The summed E-state index contributed by atoms with van der Waals surface area (Å²) in [6.07, 6.45) is 0.448. The number of nitro benzene ring substituents is 2. The minimum absolute atomic E-state index is 0.0132. The lowest BCUT2D eigenvalue weighted by Gasteiger charge is -2.14. The molecular formula is C42H30N4O9. The van der Waals surface area contributed by atoms with E-state index in [1.807, 2.05) is 18.2 Å². The number of nitriles is 2. The Hall–Kier alpha value is -8.03. The van der Waals surface area contributed by atoms with E-state index in [4.69, 9.17) is 20.0 Å². The molecule has 6 aromatic carbocycles. The van der Waals surface area contributed by atoms with Gasteiger partial charge in [0.2, 0.25) is 0 Å². The Morgan fingerprint density at radius 3 is 1.60 bits per heavy atom. The number of hydrogen-bond acceptors (Lipinski definition) is 11. The number of rotatable bonds is 10. The van der Waals surface area contributed by atoms with Crippen LogP contribution in [0, 0.1) is 42.9 Å². The molecule has 6 rings (SSSR count). The molecule has 13 heteroatoms. The first-order chi connectivity index (χ1) is 26.5. The van der Waals surface area contributed by atoms with Gasteiger partial charge >= 0.3 is 0 Å². The Bertz CT molecular complexity index is 2500. The van der Waals surface area contributed by atoms with E-state index in [1.54, 1.807) is 42.5 Å². The van der Waals surface area contributed by atoms with Crippen molar-refractivity contribution in [3.8, 4) is 57.4 Å². The minimum Gasteiger partial charge on any atom is -0.507 e. The average Bonchev–Trinajstić information content (AvgIpc) is 3.21. The first-order valence-corrected chi connectivity index (χ1v) is 16.3. The van der Waals surface area contributed by atoms with Gasteiger partial charge in [0.15, 0.2) is 5.78 Å². The maximum atomic E-state index is 12.8. The van der Waals surface area contributed by atoms with Crippen LogP contribution in [0.2, 0.25) is 0 Å². The van der Waals surface area contributed by atoms with E-state index in [0.717, 1.165) is 5.56 Å². The molecular weight excluding hydrogens is 704 g/mol. The SMILES string of the molecule is COc1ccc(C(=O)c2ccc(C#N)cc2)c(O)c1-c1cccc([N+](=O)[O-])c1.COc1ccc(Cc2ccc(C#N)cc2)c(O)c1-c1cccc([N+](=O)[O-])c1. The smallest absolute Gasteiger partial charge is 0.270 e. The second kappa shape index (κ2) is 17.0. The number of carbonyl (C=O) groups excluding carboxylic acids is 1. The standard InChI is InChI=1S/C21H14N2O5.C21H16N2O4/c1-28-18-10-9-17(20(24)14-7-5-13(12-22)6-8-14)21(25)19(18)15-3-2-4-16(11-15)23(26)27;1-27-19-10-9-17(11-14-5-7-15(13-22)8-6-14)21(24)20(19)16-3-2-4-18(12-16)23(25)26/h2-11,25H,1H3;2-10,12,24H,11H2,1H3. The predicted molar refractivity (Wildman–Crippen MR) is 202 cm³/mol. The van der Waals surface area contributed by atoms with Crippen LogP contribution in [0.5, 0.6) is 23.0 Å². The van der Waals surface area contributed by atoms with E-state index in [0.29, 0.717) is 51.1 Å². The highest BCUT2D eigenvalue weighted by molar-refractivity contribution is 6.12. The number of carbonyl (C=O) groups is 1. The van der Waals surface area contributed by atoms with Crippen molar-refractivity contribution in [2.75, 3.05) is 14.2 Å². The summed E-state index contributed by atoms with van der Waals surface area (Å²) in [6, 6.07) is 35.3. The summed E-state index contributed by atoms with van der Waals surface area (Å²) in [4.78, 5) is 34.0. The topological polar surface area (TPSA) is 210 Å². The molecule has 6 aromatic rings. The Kier molecular flexibility index (Phi) is 11.8. The Labute approximate surface area is 314 Å². The zero-order chi connectivity index (χ0) is 39.6. The number of ketones is 1. The summed E-state index contributed by atoms with van der Waals surface area (Å²) in [7, 11) is 2.88. The third-order valence-corrected chi connectivity index (χ3v) is 8.49. The van der Waals surface area contributed by atoms with Gasteiger partial charge in [-0.15, -0.1) is 0 Å². The van der Waals surface area contributed by atoms with E-state index < -0.39 is 15.6 Å². The van der Waals surface area contributed by atoms with Gasteiger partial charge in [-0.1, -0.05) is 42.5 Å². The third-order valence-electron chi connectivity index (χ3n) is 8.49. The van der Waals surface area contributed by atoms with Crippen molar-refractivity contribution in [2.24, 2.45) is 0 Å². The number of nitrogens with zero attached hydrogens (tertiary/aromatic N) is 4. The lowest BCUT2D eigenvalue weighted by atomic mass is 9.95. The monoisotopic (exact) mass is 734 g/mol. The molecule has 13 nitrogen and oxygen atoms in total. The Balaban J connectivity index is 0.000000211. The molecule has 272 valence electrons. The summed E-state index contributed by atoms with van der Waals surface area (Å²) in [6.45, 7) is 0. The number of non-ortho nitro benzene ring substituents is 2. The van der Waals surface area contributed by atoms with E-state index >= 15 is 0 Å². The third kappa shape index (κ3) is 8.55. The van der Waals surface area contributed by atoms with Crippen molar-refractivity contribution in [3.63, 3.8) is 0 Å². The van der Waals surface area contributed by atoms with Crippen LogP contribution in [-0.4, -0.2) is 40.1 Å². The molecule has 0 aromatic heterocycles. The largest absolute Gasteiger partial charge is 0.507 e. The molecule has 0 atom stereocenters. The molecule has 0 fully saturated rings. The molecule has 0 amide bonds. The molecule has 2 N–H and O–H groups in total. The van der Waals surface area contributed by atoms with E-state index in [2.05, 4.69) is 6.07 Å². The molecule has 0 aliphatic rings. The van der Waals surface area contributed by atoms with Gasteiger partial charge in [-0.2, -0.15) is 10.5 Å². The number of phenolic OH excluding ortho intramolecular Hbond substituents is 2. The van der Waals surface area contributed by atoms with Crippen LogP contribution < -0.4 is 9.47 Å². The van der Waals surface area contributed by atoms with Crippen molar-refractivity contribution in [2.45, 2.75) is 6.42 Å². The zero-order valence-electron chi connectivity index (χ0n) is 29.3.